The molecule has 1 saturated heterocycles. The van der Waals surface area contributed by atoms with Crippen LogP contribution in [0.3, 0.4) is 0 Å². The standard InChI is InChI=1S/C15H16N2O/c1-2-14-13(17-4-1)8-15(18-14)11-6-10-3-5-16-9-12(10)7-11/h1-2,4,7-8,10,12,16H,3,5-6,9H2. The number of aromatic nitrogens is 1. The van der Waals surface area contributed by atoms with Crippen LogP contribution < -0.4 is 5.32 Å². The van der Waals surface area contributed by atoms with Crippen molar-refractivity contribution in [3.63, 3.8) is 0 Å². The Balaban J connectivity index is 1.70. The van der Waals surface area contributed by atoms with Crippen molar-refractivity contribution in [3.8, 4) is 0 Å². The molecule has 3 nitrogen and oxygen atoms in total. The second-order valence-corrected chi connectivity index (χ2v) is 5.31. The minimum atomic E-state index is 0.690. The lowest BCUT2D eigenvalue weighted by molar-refractivity contribution is 0.322. The van der Waals surface area contributed by atoms with Crippen LogP contribution in [-0.4, -0.2) is 18.1 Å². The largest absolute Gasteiger partial charge is 0.455 e. The lowest BCUT2D eigenvalue weighted by atomic mass is 9.89. The number of furan rings is 1. The van der Waals surface area contributed by atoms with E-state index >= 15 is 0 Å². The number of hydrogen-bond acceptors (Lipinski definition) is 3. The Bertz CT molecular complexity index is 581. The van der Waals surface area contributed by atoms with Gasteiger partial charge in [-0.1, -0.05) is 6.08 Å². The zero-order chi connectivity index (χ0) is 11.9. The Morgan fingerprint density at radius 3 is 3.28 bits per heavy atom. The van der Waals surface area contributed by atoms with Gasteiger partial charge in [-0.25, -0.2) is 0 Å². The summed E-state index contributed by atoms with van der Waals surface area (Å²) in [5, 5.41) is 3.47. The highest BCUT2D eigenvalue weighted by molar-refractivity contribution is 5.78. The average molecular weight is 240 g/mol. The highest BCUT2D eigenvalue weighted by atomic mass is 16.3. The molecule has 0 saturated carbocycles. The number of fused-ring (bicyclic) bond motifs is 2. The molecular formula is C15H16N2O. The predicted molar refractivity (Wildman–Crippen MR) is 71.1 cm³/mol. The van der Waals surface area contributed by atoms with Gasteiger partial charge in [-0.05, 0) is 48.9 Å². The van der Waals surface area contributed by atoms with Crippen molar-refractivity contribution in [2.24, 2.45) is 11.8 Å². The molecule has 2 aliphatic rings. The molecule has 18 heavy (non-hydrogen) atoms. The SMILES string of the molecule is C1=C(c2cc3ncccc3o2)CC2CCNCC12. The highest BCUT2D eigenvalue weighted by Gasteiger charge is 2.31. The van der Waals surface area contributed by atoms with Crippen LogP contribution in [0.15, 0.2) is 34.9 Å². The number of hydrogen-bond donors (Lipinski definition) is 1. The molecule has 3 heteroatoms. The molecule has 2 aromatic rings. The molecule has 1 aliphatic carbocycles. The van der Waals surface area contributed by atoms with Gasteiger partial charge >= 0.3 is 0 Å². The Hall–Kier alpha value is -1.61. The summed E-state index contributed by atoms with van der Waals surface area (Å²) in [5.41, 5.74) is 3.22. The fourth-order valence-electron chi connectivity index (χ4n) is 3.20. The molecule has 4 rings (SSSR count). The van der Waals surface area contributed by atoms with Crippen LogP contribution in [0.25, 0.3) is 16.7 Å². The van der Waals surface area contributed by atoms with Gasteiger partial charge in [0.15, 0.2) is 5.58 Å². The Kier molecular flexibility index (Phi) is 2.27. The molecule has 1 fully saturated rings. The van der Waals surface area contributed by atoms with E-state index < -0.39 is 0 Å². The summed E-state index contributed by atoms with van der Waals surface area (Å²) in [5.74, 6) is 2.51. The van der Waals surface area contributed by atoms with Crippen LogP contribution in [0, 0.1) is 11.8 Å². The maximum Gasteiger partial charge on any atom is 0.153 e. The molecule has 2 atom stereocenters. The number of allylic oxidation sites excluding steroid dienone is 1. The van der Waals surface area contributed by atoms with E-state index in [1.54, 1.807) is 0 Å². The van der Waals surface area contributed by atoms with E-state index in [9.17, 15) is 0 Å². The summed E-state index contributed by atoms with van der Waals surface area (Å²) >= 11 is 0. The van der Waals surface area contributed by atoms with Gasteiger partial charge in [0.1, 0.15) is 11.3 Å². The lowest BCUT2D eigenvalue weighted by Gasteiger charge is -2.25. The number of rotatable bonds is 1. The molecule has 1 aliphatic heterocycles. The van der Waals surface area contributed by atoms with Crippen molar-refractivity contribution < 1.29 is 4.42 Å². The first-order chi connectivity index (χ1) is 8.90. The zero-order valence-electron chi connectivity index (χ0n) is 10.2. The third kappa shape index (κ3) is 1.58. The van der Waals surface area contributed by atoms with Gasteiger partial charge in [0.25, 0.3) is 0 Å². The fraction of sp³-hybridized carbons (Fsp3) is 0.400. The minimum Gasteiger partial charge on any atom is -0.455 e. The van der Waals surface area contributed by atoms with Gasteiger partial charge < -0.3 is 9.73 Å². The molecule has 1 N–H and O–H groups in total. The van der Waals surface area contributed by atoms with E-state index in [4.69, 9.17) is 4.42 Å². The van der Waals surface area contributed by atoms with E-state index in [2.05, 4.69) is 22.4 Å². The van der Waals surface area contributed by atoms with Crippen LogP contribution in [0.1, 0.15) is 18.6 Å². The molecule has 92 valence electrons. The summed E-state index contributed by atoms with van der Waals surface area (Å²) in [6, 6.07) is 5.98. The van der Waals surface area contributed by atoms with E-state index in [1.807, 2.05) is 18.3 Å². The van der Waals surface area contributed by atoms with Gasteiger partial charge in [-0.2, -0.15) is 0 Å². The van der Waals surface area contributed by atoms with Crippen molar-refractivity contribution >= 4 is 16.7 Å². The number of pyridine rings is 1. The maximum atomic E-state index is 5.91. The second-order valence-electron chi connectivity index (χ2n) is 5.31. The number of nitrogens with one attached hydrogen (secondary N) is 1. The molecule has 0 radical (unpaired) electrons. The quantitative estimate of drug-likeness (QED) is 0.833. The molecule has 2 unspecified atom stereocenters. The number of piperidine rings is 1. The van der Waals surface area contributed by atoms with Crippen LogP contribution >= 0.6 is 0 Å². The Morgan fingerprint density at radius 1 is 1.39 bits per heavy atom. The third-order valence-corrected chi connectivity index (χ3v) is 4.18. The molecule has 0 aromatic carbocycles. The summed E-state index contributed by atoms with van der Waals surface area (Å²) < 4.78 is 5.91. The molecular weight excluding hydrogens is 224 g/mol. The van der Waals surface area contributed by atoms with Crippen molar-refractivity contribution in [2.75, 3.05) is 13.1 Å². The molecule has 0 spiro atoms. The molecule has 3 heterocycles. The molecule has 0 amide bonds. The molecule has 0 bridgehead atoms. The fourth-order valence-corrected chi connectivity index (χ4v) is 3.20. The normalized spacial score (nSPS) is 27.2. The van der Waals surface area contributed by atoms with Crippen LogP contribution in [0.2, 0.25) is 0 Å². The maximum absolute atomic E-state index is 5.91. The first-order valence-electron chi connectivity index (χ1n) is 6.66. The average Bonchev–Trinajstić information content (AvgIpc) is 3.02. The van der Waals surface area contributed by atoms with Crippen LogP contribution in [0.5, 0.6) is 0 Å². The summed E-state index contributed by atoms with van der Waals surface area (Å²) in [6.07, 6.45) is 6.65. The van der Waals surface area contributed by atoms with Crippen molar-refractivity contribution in [3.05, 3.63) is 36.2 Å². The van der Waals surface area contributed by atoms with Gasteiger partial charge in [-0.15, -0.1) is 0 Å². The molecule has 2 aromatic heterocycles. The van der Waals surface area contributed by atoms with Gasteiger partial charge in [0.2, 0.25) is 0 Å². The minimum absolute atomic E-state index is 0.690. The predicted octanol–water partition coefficient (Wildman–Crippen LogP) is 2.84. The smallest absolute Gasteiger partial charge is 0.153 e. The summed E-state index contributed by atoms with van der Waals surface area (Å²) in [6.45, 7) is 2.27. The van der Waals surface area contributed by atoms with Crippen LogP contribution in [0.4, 0.5) is 0 Å². The highest BCUT2D eigenvalue weighted by Crippen LogP contribution is 2.40. The van der Waals surface area contributed by atoms with Gasteiger partial charge in [0.05, 0.1) is 0 Å². The van der Waals surface area contributed by atoms with Gasteiger partial charge in [0, 0.05) is 18.8 Å². The Morgan fingerprint density at radius 2 is 2.39 bits per heavy atom. The summed E-state index contributed by atoms with van der Waals surface area (Å²) in [4.78, 5) is 4.33. The third-order valence-electron chi connectivity index (χ3n) is 4.18. The topological polar surface area (TPSA) is 38.1 Å². The summed E-state index contributed by atoms with van der Waals surface area (Å²) in [7, 11) is 0. The zero-order valence-corrected chi connectivity index (χ0v) is 10.2. The van der Waals surface area contributed by atoms with E-state index in [0.29, 0.717) is 5.92 Å². The second kappa shape index (κ2) is 3.95. The van der Waals surface area contributed by atoms with E-state index in [1.165, 1.54) is 12.0 Å². The van der Waals surface area contributed by atoms with Gasteiger partial charge in [-0.3, -0.25) is 4.98 Å². The lowest BCUT2D eigenvalue weighted by Crippen LogP contribution is -2.33. The first kappa shape index (κ1) is 10.3. The van der Waals surface area contributed by atoms with Crippen molar-refractivity contribution in [1.29, 1.82) is 0 Å². The monoisotopic (exact) mass is 240 g/mol. The first-order valence-corrected chi connectivity index (χ1v) is 6.66. The van der Waals surface area contributed by atoms with Crippen molar-refractivity contribution in [1.82, 2.24) is 10.3 Å². The van der Waals surface area contributed by atoms with E-state index in [0.717, 1.165) is 42.3 Å². The number of nitrogens with zero attached hydrogens (tertiary/aromatic N) is 1. The van der Waals surface area contributed by atoms with E-state index in [-0.39, 0.29) is 0 Å². The Labute approximate surface area is 106 Å². The van der Waals surface area contributed by atoms with Crippen molar-refractivity contribution in [2.45, 2.75) is 12.8 Å². The van der Waals surface area contributed by atoms with Crippen LogP contribution in [-0.2, 0) is 0 Å².